The van der Waals surface area contributed by atoms with Crippen LogP contribution in [0.15, 0.2) is 18.2 Å². The predicted molar refractivity (Wildman–Crippen MR) is 118 cm³/mol. The van der Waals surface area contributed by atoms with Gasteiger partial charge in [-0.2, -0.15) is 0 Å². The van der Waals surface area contributed by atoms with E-state index in [2.05, 4.69) is 19.2 Å². The lowest BCUT2D eigenvalue weighted by Crippen LogP contribution is -2.40. The van der Waals surface area contributed by atoms with Crippen LogP contribution in [0, 0.1) is 5.92 Å². The number of anilines is 2. The van der Waals surface area contributed by atoms with E-state index in [1.54, 1.807) is 0 Å². The van der Waals surface area contributed by atoms with Gasteiger partial charge >= 0.3 is 0 Å². The Kier molecular flexibility index (Phi) is 8.96. The SMILES string of the molecule is CCC(=O)Nc1ccc(N(C)C)c(CN(C[C@H]2CCCO2)C(=O)C(CC)CC)c1. The van der Waals surface area contributed by atoms with Gasteiger partial charge in [0.25, 0.3) is 0 Å². The van der Waals surface area contributed by atoms with Gasteiger partial charge in [-0.3, -0.25) is 9.59 Å². The van der Waals surface area contributed by atoms with Crippen LogP contribution < -0.4 is 10.2 Å². The predicted octanol–water partition coefficient (Wildman–Crippen LogP) is 4.04. The maximum Gasteiger partial charge on any atom is 0.226 e. The number of ether oxygens (including phenoxy) is 1. The molecule has 1 atom stereocenters. The highest BCUT2D eigenvalue weighted by Gasteiger charge is 2.27. The summed E-state index contributed by atoms with van der Waals surface area (Å²) in [7, 11) is 3.99. The van der Waals surface area contributed by atoms with Gasteiger partial charge in [-0.15, -0.1) is 0 Å². The molecule has 6 nitrogen and oxygen atoms in total. The van der Waals surface area contributed by atoms with Crippen molar-refractivity contribution in [3.8, 4) is 0 Å². The monoisotopic (exact) mass is 403 g/mol. The zero-order valence-electron chi connectivity index (χ0n) is 18.7. The second-order valence-corrected chi connectivity index (χ2v) is 8.01. The topological polar surface area (TPSA) is 61.9 Å². The third-order valence-electron chi connectivity index (χ3n) is 5.62. The van der Waals surface area contributed by atoms with Crippen molar-refractivity contribution in [1.29, 1.82) is 0 Å². The van der Waals surface area contributed by atoms with E-state index in [1.807, 2.05) is 49.0 Å². The fourth-order valence-corrected chi connectivity index (χ4v) is 3.84. The molecular formula is C23H37N3O3. The van der Waals surface area contributed by atoms with Crippen molar-refractivity contribution in [3.05, 3.63) is 23.8 Å². The second kappa shape index (κ2) is 11.2. The molecule has 2 amide bonds. The van der Waals surface area contributed by atoms with Crippen LogP contribution in [0.4, 0.5) is 11.4 Å². The van der Waals surface area contributed by atoms with Gasteiger partial charge in [-0.1, -0.05) is 20.8 Å². The molecule has 2 rings (SSSR count). The number of carbonyl (C=O) groups excluding carboxylic acids is 2. The molecular weight excluding hydrogens is 366 g/mol. The number of hydrogen-bond acceptors (Lipinski definition) is 4. The van der Waals surface area contributed by atoms with Crippen molar-refractivity contribution in [3.63, 3.8) is 0 Å². The number of rotatable bonds is 10. The number of benzene rings is 1. The molecule has 1 aliphatic heterocycles. The van der Waals surface area contributed by atoms with Gasteiger partial charge in [0.15, 0.2) is 0 Å². The van der Waals surface area contributed by atoms with Crippen molar-refractivity contribution in [2.24, 2.45) is 5.92 Å². The molecule has 1 fully saturated rings. The minimum atomic E-state index is -0.0159. The minimum Gasteiger partial charge on any atom is -0.377 e. The molecule has 0 aromatic heterocycles. The first kappa shape index (κ1) is 23.2. The van der Waals surface area contributed by atoms with Gasteiger partial charge in [0.2, 0.25) is 11.8 Å². The van der Waals surface area contributed by atoms with Crippen molar-refractivity contribution in [1.82, 2.24) is 4.90 Å². The van der Waals surface area contributed by atoms with Gasteiger partial charge in [0.05, 0.1) is 6.10 Å². The van der Waals surface area contributed by atoms with E-state index >= 15 is 0 Å². The Morgan fingerprint density at radius 2 is 1.93 bits per heavy atom. The molecule has 0 saturated carbocycles. The molecule has 0 bridgehead atoms. The number of nitrogens with zero attached hydrogens (tertiary/aromatic N) is 2. The van der Waals surface area contributed by atoms with E-state index in [1.165, 1.54) is 0 Å². The molecule has 1 aliphatic rings. The fourth-order valence-electron chi connectivity index (χ4n) is 3.84. The maximum atomic E-state index is 13.3. The molecule has 29 heavy (non-hydrogen) atoms. The smallest absolute Gasteiger partial charge is 0.226 e. The average molecular weight is 404 g/mol. The summed E-state index contributed by atoms with van der Waals surface area (Å²) in [4.78, 5) is 29.1. The van der Waals surface area contributed by atoms with Crippen LogP contribution in [0.3, 0.4) is 0 Å². The van der Waals surface area contributed by atoms with Crippen LogP contribution in [-0.2, 0) is 20.9 Å². The largest absolute Gasteiger partial charge is 0.377 e. The van der Waals surface area contributed by atoms with Gasteiger partial charge in [0.1, 0.15) is 0 Å². The summed E-state index contributed by atoms with van der Waals surface area (Å²) >= 11 is 0. The first-order chi connectivity index (χ1) is 13.9. The molecule has 0 radical (unpaired) electrons. The van der Waals surface area contributed by atoms with Crippen LogP contribution in [-0.4, -0.2) is 50.1 Å². The van der Waals surface area contributed by atoms with Crippen molar-refractivity contribution in [2.75, 3.05) is 37.5 Å². The summed E-state index contributed by atoms with van der Waals surface area (Å²) < 4.78 is 5.83. The van der Waals surface area contributed by atoms with E-state index in [9.17, 15) is 9.59 Å². The average Bonchev–Trinajstić information content (AvgIpc) is 3.21. The quantitative estimate of drug-likeness (QED) is 0.640. The van der Waals surface area contributed by atoms with E-state index in [4.69, 9.17) is 4.74 Å². The molecule has 1 N–H and O–H groups in total. The lowest BCUT2D eigenvalue weighted by atomic mass is 10.0. The highest BCUT2D eigenvalue weighted by atomic mass is 16.5. The summed E-state index contributed by atoms with van der Waals surface area (Å²) in [6, 6.07) is 5.91. The Bertz CT molecular complexity index is 680. The van der Waals surface area contributed by atoms with E-state index < -0.39 is 0 Å². The van der Waals surface area contributed by atoms with E-state index in [0.717, 1.165) is 49.2 Å². The standard InChI is InChI=1S/C23H37N3O3/c1-6-17(7-2)23(28)26(16-20-10-9-13-29-20)15-18-14-19(24-22(27)8-3)11-12-21(18)25(4)5/h11-12,14,17,20H,6-10,13,15-16H2,1-5H3,(H,24,27)/t20-/m1/s1. The molecule has 0 spiro atoms. The van der Waals surface area contributed by atoms with Crippen LogP contribution in [0.2, 0.25) is 0 Å². The first-order valence-corrected chi connectivity index (χ1v) is 10.9. The summed E-state index contributed by atoms with van der Waals surface area (Å²) in [6.45, 7) is 7.89. The third-order valence-corrected chi connectivity index (χ3v) is 5.62. The van der Waals surface area contributed by atoms with E-state index in [0.29, 0.717) is 19.5 Å². The van der Waals surface area contributed by atoms with Crippen LogP contribution in [0.25, 0.3) is 0 Å². The second-order valence-electron chi connectivity index (χ2n) is 8.01. The Hall–Kier alpha value is -2.08. The highest BCUT2D eigenvalue weighted by Crippen LogP contribution is 2.27. The Balaban J connectivity index is 2.31. The highest BCUT2D eigenvalue weighted by molar-refractivity contribution is 5.91. The Morgan fingerprint density at radius 1 is 1.21 bits per heavy atom. The molecule has 0 aliphatic carbocycles. The lowest BCUT2D eigenvalue weighted by molar-refractivity contribution is -0.138. The number of carbonyl (C=O) groups is 2. The Labute approximate surface area is 175 Å². The van der Waals surface area contributed by atoms with Gasteiger partial charge in [0, 0.05) is 57.5 Å². The summed E-state index contributed by atoms with van der Waals surface area (Å²) in [5, 5.41) is 2.93. The molecule has 162 valence electrons. The normalized spacial score (nSPS) is 16.1. The molecule has 1 aromatic rings. The Morgan fingerprint density at radius 3 is 2.48 bits per heavy atom. The molecule has 1 aromatic carbocycles. The molecule has 1 heterocycles. The zero-order valence-corrected chi connectivity index (χ0v) is 18.7. The van der Waals surface area contributed by atoms with Crippen LogP contribution >= 0.6 is 0 Å². The van der Waals surface area contributed by atoms with E-state index in [-0.39, 0.29) is 23.8 Å². The van der Waals surface area contributed by atoms with Gasteiger partial charge < -0.3 is 19.9 Å². The summed E-state index contributed by atoms with van der Waals surface area (Å²) in [6.07, 6.45) is 4.27. The van der Waals surface area contributed by atoms with Crippen LogP contribution in [0.1, 0.15) is 58.4 Å². The summed E-state index contributed by atoms with van der Waals surface area (Å²) in [5.41, 5.74) is 2.85. The zero-order chi connectivity index (χ0) is 21.4. The first-order valence-electron chi connectivity index (χ1n) is 10.9. The fraction of sp³-hybridized carbons (Fsp3) is 0.652. The van der Waals surface area contributed by atoms with Crippen LogP contribution in [0.5, 0.6) is 0 Å². The number of amides is 2. The maximum absolute atomic E-state index is 13.3. The van der Waals surface area contributed by atoms with Crippen molar-refractivity contribution >= 4 is 23.2 Å². The molecule has 1 saturated heterocycles. The van der Waals surface area contributed by atoms with Crippen molar-refractivity contribution < 1.29 is 14.3 Å². The van der Waals surface area contributed by atoms with Gasteiger partial charge in [-0.25, -0.2) is 0 Å². The minimum absolute atomic E-state index is 0.0159. The van der Waals surface area contributed by atoms with Crippen molar-refractivity contribution in [2.45, 2.75) is 65.5 Å². The summed E-state index contributed by atoms with van der Waals surface area (Å²) in [5.74, 6) is 0.207. The number of hydrogen-bond donors (Lipinski definition) is 1. The number of nitrogens with one attached hydrogen (secondary N) is 1. The lowest BCUT2D eigenvalue weighted by Gasteiger charge is -2.30. The van der Waals surface area contributed by atoms with Gasteiger partial charge in [-0.05, 0) is 49.4 Å². The third kappa shape index (κ3) is 6.46. The molecule has 6 heteroatoms. The molecule has 0 unspecified atom stereocenters.